The van der Waals surface area contributed by atoms with Crippen molar-refractivity contribution in [3.63, 3.8) is 0 Å². The van der Waals surface area contributed by atoms with E-state index in [9.17, 15) is 9.59 Å². The Labute approximate surface area is 159 Å². The average molecular weight is 371 g/mol. The SMILES string of the molecule is COCCOCCOc1ccccc1C1(C)C=CC(C)=C2C(=O)NC(=O)C21. The third kappa shape index (κ3) is 3.68. The van der Waals surface area contributed by atoms with E-state index >= 15 is 0 Å². The van der Waals surface area contributed by atoms with Gasteiger partial charge in [0.15, 0.2) is 0 Å². The maximum atomic E-state index is 12.6. The molecule has 1 fully saturated rings. The van der Waals surface area contributed by atoms with Crippen LogP contribution in [0.4, 0.5) is 0 Å². The lowest BCUT2D eigenvalue weighted by Crippen LogP contribution is -2.38. The highest BCUT2D eigenvalue weighted by Gasteiger charge is 2.51. The Balaban J connectivity index is 1.83. The molecular weight excluding hydrogens is 346 g/mol. The Kier molecular flexibility index (Phi) is 5.77. The number of allylic oxidation sites excluding steroid dienone is 3. The number of carbonyl (C=O) groups is 2. The minimum atomic E-state index is -0.668. The molecular formula is C21H25NO5. The number of amides is 2. The number of fused-ring (bicyclic) bond motifs is 1. The van der Waals surface area contributed by atoms with E-state index in [1.807, 2.05) is 50.3 Å². The van der Waals surface area contributed by atoms with Gasteiger partial charge in [-0.1, -0.05) is 37.3 Å². The highest BCUT2D eigenvalue weighted by atomic mass is 16.5. The standard InChI is InChI=1S/C21H25NO5/c1-14-8-9-21(2,18-17(14)19(23)22-20(18)24)15-6-4-5-7-16(15)27-13-12-26-11-10-25-3/h4-9,18H,10-13H2,1-3H3,(H,22,23,24). The lowest BCUT2D eigenvalue weighted by Gasteiger charge is -2.36. The monoisotopic (exact) mass is 371 g/mol. The summed E-state index contributed by atoms with van der Waals surface area (Å²) in [6, 6.07) is 7.63. The Bertz CT molecular complexity index is 798. The largest absolute Gasteiger partial charge is 0.491 e. The number of hydrogen-bond acceptors (Lipinski definition) is 5. The van der Waals surface area contributed by atoms with Gasteiger partial charge in [0.2, 0.25) is 5.91 Å². The number of para-hydroxylation sites is 1. The average Bonchev–Trinajstić information content (AvgIpc) is 2.97. The van der Waals surface area contributed by atoms with Crippen LogP contribution in [0.3, 0.4) is 0 Å². The van der Waals surface area contributed by atoms with Crippen molar-refractivity contribution in [1.29, 1.82) is 0 Å². The molecule has 0 spiro atoms. The van der Waals surface area contributed by atoms with E-state index in [1.54, 1.807) is 7.11 Å². The molecule has 2 amide bonds. The van der Waals surface area contributed by atoms with Gasteiger partial charge in [-0.2, -0.15) is 0 Å². The van der Waals surface area contributed by atoms with Gasteiger partial charge in [0.25, 0.3) is 5.91 Å². The number of hydrogen-bond donors (Lipinski definition) is 1. The summed E-state index contributed by atoms with van der Waals surface area (Å²) in [5.41, 5.74) is 1.57. The quantitative estimate of drug-likeness (QED) is 0.560. The highest BCUT2D eigenvalue weighted by Crippen LogP contribution is 2.47. The molecule has 1 saturated heterocycles. The fourth-order valence-corrected chi connectivity index (χ4v) is 3.71. The van der Waals surface area contributed by atoms with Crippen molar-refractivity contribution in [2.45, 2.75) is 19.3 Å². The maximum Gasteiger partial charge on any atom is 0.254 e. The lowest BCUT2D eigenvalue weighted by molar-refractivity contribution is -0.126. The summed E-state index contributed by atoms with van der Waals surface area (Å²) in [6.07, 6.45) is 3.90. The zero-order chi connectivity index (χ0) is 19.4. The maximum absolute atomic E-state index is 12.6. The number of rotatable bonds is 8. The molecule has 6 nitrogen and oxygen atoms in total. The number of methoxy groups -OCH3 is 1. The fourth-order valence-electron chi connectivity index (χ4n) is 3.71. The van der Waals surface area contributed by atoms with E-state index < -0.39 is 11.3 Å². The van der Waals surface area contributed by atoms with Crippen LogP contribution < -0.4 is 10.1 Å². The minimum Gasteiger partial charge on any atom is -0.491 e. The molecule has 1 aromatic rings. The van der Waals surface area contributed by atoms with Crippen LogP contribution in [0.5, 0.6) is 5.75 Å². The van der Waals surface area contributed by atoms with Gasteiger partial charge < -0.3 is 14.2 Å². The van der Waals surface area contributed by atoms with Crippen LogP contribution in [-0.2, 0) is 24.5 Å². The van der Waals surface area contributed by atoms with Crippen LogP contribution in [0.15, 0.2) is 47.6 Å². The van der Waals surface area contributed by atoms with E-state index in [-0.39, 0.29) is 11.8 Å². The molecule has 0 aromatic heterocycles. The molecule has 0 radical (unpaired) electrons. The summed E-state index contributed by atoms with van der Waals surface area (Å²) in [4.78, 5) is 24.8. The molecule has 2 atom stereocenters. The van der Waals surface area contributed by atoms with Crippen molar-refractivity contribution >= 4 is 11.8 Å². The van der Waals surface area contributed by atoms with Gasteiger partial charge in [-0.05, 0) is 18.6 Å². The second kappa shape index (κ2) is 8.06. The molecule has 1 heterocycles. The zero-order valence-corrected chi connectivity index (χ0v) is 15.9. The number of benzene rings is 1. The van der Waals surface area contributed by atoms with Gasteiger partial charge in [0.1, 0.15) is 12.4 Å². The third-order valence-electron chi connectivity index (χ3n) is 5.12. The van der Waals surface area contributed by atoms with Gasteiger partial charge >= 0.3 is 0 Å². The first-order valence-corrected chi connectivity index (χ1v) is 9.03. The second-order valence-corrected chi connectivity index (χ2v) is 6.91. The number of nitrogens with one attached hydrogen (secondary N) is 1. The van der Waals surface area contributed by atoms with E-state index in [0.717, 1.165) is 11.1 Å². The summed E-state index contributed by atoms with van der Waals surface area (Å²) in [7, 11) is 1.63. The predicted molar refractivity (Wildman–Crippen MR) is 100 cm³/mol. The van der Waals surface area contributed by atoms with E-state index in [1.165, 1.54) is 0 Å². The molecule has 1 N–H and O–H groups in total. The van der Waals surface area contributed by atoms with Crippen molar-refractivity contribution < 1.29 is 23.8 Å². The molecule has 2 aliphatic rings. The summed E-state index contributed by atoms with van der Waals surface area (Å²) in [6.45, 7) is 5.71. The minimum absolute atomic E-state index is 0.265. The van der Waals surface area contributed by atoms with Crippen molar-refractivity contribution in [3.8, 4) is 5.75 Å². The van der Waals surface area contributed by atoms with Gasteiger partial charge in [0.05, 0.1) is 25.7 Å². The Morgan fingerprint density at radius 3 is 2.63 bits per heavy atom. The summed E-state index contributed by atoms with van der Waals surface area (Å²) < 4.78 is 16.3. The predicted octanol–water partition coefficient (Wildman–Crippen LogP) is 2.14. The first-order valence-electron chi connectivity index (χ1n) is 9.03. The first kappa shape index (κ1) is 19.3. The normalized spacial score (nSPS) is 24.2. The molecule has 0 saturated carbocycles. The van der Waals surface area contributed by atoms with E-state index in [4.69, 9.17) is 14.2 Å². The van der Waals surface area contributed by atoms with E-state index in [0.29, 0.717) is 37.8 Å². The van der Waals surface area contributed by atoms with Crippen molar-refractivity contribution in [1.82, 2.24) is 5.32 Å². The smallest absolute Gasteiger partial charge is 0.254 e. The van der Waals surface area contributed by atoms with Crippen LogP contribution in [0.1, 0.15) is 19.4 Å². The molecule has 27 heavy (non-hydrogen) atoms. The van der Waals surface area contributed by atoms with Gasteiger partial charge in [0, 0.05) is 23.7 Å². The summed E-state index contributed by atoms with van der Waals surface area (Å²) in [5.74, 6) is -0.439. The summed E-state index contributed by atoms with van der Waals surface area (Å²) in [5, 5.41) is 2.46. The van der Waals surface area contributed by atoms with Crippen LogP contribution >= 0.6 is 0 Å². The third-order valence-corrected chi connectivity index (χ3v) is 5.12. The topological polar surface area (TPSA) is 73.9 Å². The van der Waals surface area contributed by atoms with Gasteiger partial charge in [-0.3, -0.25) is 14.9 Å². The van der Waals surface area contributed by atoms with Crippen LogP contribution in [0.25, 0.3) is 0 Å². The van der Waals surface area contributed by atoms with Crippen LogP contribution in [0.2, 0.25) is 0 Å². The molecule has 1 aromatic carbocycles. The van der Waals surface area contributed by atoms with Crippen molar-refractivity contribution in [2.24, 2.45) is 5.92 Å². The molecule has 144 valence electrons. The van der Waals surface area contributed by atoms with E-state index in [2.05, 4.69) is 5.32 Å². The number of carbonyl (C=O) groups excluding carboxylic acids is 2. The first-order chi connectivity index (χ1) is 13.0. The highest BCUT2D eigenvalue weighted by molar-refractivity contribution is 6.16. The zero-order valence-electron chi connectivity index (χ0n) is 15.9. The summed E-state index contributed by atoms with van der Waals surface area (Å²) >= 11 is 0. The second-order valence-electron chi connectivity index (χ2n) is 6.91. The molecule has 3 rings (SSSR count). The number of ether oxygens (including phenoxy) is 3. The molecule has 1 aliphatic heterocycles. The van der Waals surface area contributed by atoms with Gasteiger partial charge in [-0.25, -0.2) is 0 Å². The molecule has 6 heteroatoms. The molecule has 0 bridgehead atoms. The molecule has 1 aliphatic carbocycles. The van der Waals surface area contributed by atoms with Gasteiger partial charge in [-0.15, -0.1) is 0 Å². The number of imide groups is 1. The lowest BCUT2D eigenvalue weighted by atomic mass is 9.65. The van der Waals surface area contributed by atoms with Crippen molar-refractivity contribution in [2.75, 3.05) is 33.5 Å². The van der Waals surface area contributed by atoms with Crippen LogP contribution in [0, 0.1) is 5.92 Å². The fraction of sp³-hybridized carbons (Fsp3) is 0.429. The molecule has 2 unspecified atom stereocenters. The van der Waals surface area contributed by atoms with Crippen LogP contribution in [-0.4, -0.2) is 45.4 Å². The Hall–Kier alpha value is -2.44. The Morgan fingerprint density at radius 2 is 1.85 bits per heavy atom. The van der Waals surface area contributed by atoms with Crippen molar-refractivity contribution in [3.05, 3.63) is 53.1 Å². The Morgan fingerprint density at radius 1 is 1.11 bits per heavy atom.